The third-order valence-electron chi connectivity index (χ3n) is 4.08. The van der Waals surface area contributed by atoms with E-state index in [0.717, 1.165) is 17.3 Å². The Hall–Kier alpha value is -0.380. The van der Waals surface area contributed by atoms with Crippen LogP contribution in [-0.2, 0) is 4.74 Å². The van der Waals surface area contributed by atoms with E-state index in [4.69, 9.17) is 4.74 Å². The third kappa shape index (κ3) is 4.30. The van der Waals surface area contributed by atoms with Crippen molar-refractivity contribution in [1.82, 2.24) is 5.32 Å². The lowest BCUT2D eigenvalue weighted by Gasteiger charge is -2.32. The van der Waals surface area contributed by atoms with Gasteiger partial charge in [-0.3, -0.25) is 0 Å². The molecule has 0 aliphatic heterocycles. The fraction of sp³-hybridized carbons (Fsp3) is 0.625. The van der Waals surface area contributed by atoms with Gasteiger partial charge in [-0.1, -0.05) is 35.0 Å². The minimum absolute atomic E-state index is 0.439. The fourth-order valence-electron chi connectivity index (χ4n) is 2.94. The average molecular weight is 326 g/mol. The SMILES string of the molecule is CCC(NC1CCCC(OC)C1)c1ccc(Br)cc1. The van der Waals surface area contributed by atoms with Crippen LogP contribution in [0.2, 0.25) is 0 Å². The first-order valence-electron chi connectivity index (χ1n) is 7.27. The van der Waals surface area contributed by atoms with Crippen LogP contribution in [0.25, 0.3) is 0 Å². The summed E-state index contributed by atoms with van der Waals surface area (Å²) >= 11 is 3.50. The molecule has 106 valence electrons. The Morgan fingerprint density at radius 2 is 2.05 bits per heavy atom. The van der Waals surface area contributed by atoms with E-state index < -0.39 is 0 Å². The predicted molar refractivity (Wildman–Crippen MR) is 83.4 cm³/mol. The van der Waals surface area contributed by atoms with Gasteiger partial charge in [0.2, 0.25) is 0 Å². The van der Waals surface area contributed by atoms with Crippen molar-refractivity contribution in [3.8, 4) is 0 Å². The van der Waals surface area contributed by atoms with Crippen LogP contribution < -0.4 is 5.32 Å². The van der Waals surface area contributed by atoms with E-state index in [0.29, 0.717) is 18.2 Å². The molecule has 0 aromatic heterocycles. The summed E-state index contributed by atoms with van der Waals surface area (Å²) < 4.78 is 6.65. The molecule has 0 bridgehead atoms. The second kappa shape index (κ2) is 7.41. The van der Waals surface area contributed by atoms with Gasteiger partial charge in [-0.05, 0) is 49.8 Å². The monoisotopic (exact) mass is 325 g/mol. The maximum Gasteiger partial charge on any atom is 0.0586 e. The Morgan fingerprint density at radius 3 is 2.68 bits per heavy atom. The summed E-state index contributed by atoms with van der Waals surface area (Å²) in [6, 6.07) is 9.71. The van der Waals surface area contributed by atoms with E-state index in [1.165, 1.54) is 24.8 Å². The van der Waals surface area contributed by atoms with Gasteiger partial charge < -0.3 is 10.1 Å². The Labute approximate surface area is 125 Å². The molecular formula is C16H24BrNO. The maximum atomic E-state index is 5.51. The summed E-state index contributed by atoms with van der Waals surface area (Å²) in [7, 11) is 1.83. The van der Waals surface area contributed by atoms with E-state index in [1.807, 2.05) is 7.11 Å². The van der Waals surface area contributed by atoms with Gasteiger partial charge >= 0.3 is 0 Å². The van der Waals surface area contributed by atoms with Gasteiger partial charge in [-0.2, -0.15) is 0 Å². The van der Waals surface area contributed by atoms with Crippen molar-refractivity contribution in [3.63, 3.8) is 0 Å². The van der Waals surface area contributed by atoms with Gasteiger partial charge in [0.15, 0.2) is 0 Å². The molecule has 0 saturated heterocycles. The molecule has 3 unspecified atom stereocenters. The highest BCUT2D eigenvalue weighted by Crippen LogP contribution is 2.25. The van der Waals surface area contributed by atoms with Gasteiger partial charge in [0.05, 0.1) is 6.10 Å². The molecule has 2 nitrogen and oxygen atoms in total. The Kier molecular flexibility index (Phi) is 5.86. The van der Waals surface area contributed by atoms with E-state index in [2.05, 4.69) is 52.4 Å². The summed E-state index contributed by atoms with van der Waals surface area (Å²) in [6.07, 6.45) is 6.46. The van der Waals surface area contributed by atoms with Crippen molar-refractivity contribution in [2.75, 3.05) is 7.11 Å². The minimum Gasteiger partial charge on any atom is -0.381 e. The molecule has 0 spiro atoms. The highest BCUT2D eigenvalue weighted by molar-refractivity contribution is 9.10. The lowest BCUT2D eigenvalue weighted by atomic mass is 9.91. The number of rotatable bonds is 5. The molecular weight excluding hydrogens is 302 g/mol. The molecule has 1 saturated carbocycles. The standard InChI is InChI=1S/C16H24BrNO/c1-3-16(12-7-9-13(17)10-8-12)18-14-5-4-6-15(11-14)19-2/h7-10,14-16,18H,3-6,11H2,1-2H3. The van der Waals surface area contributed by atoms with Crippen LogP contribution in [0.1, 0.15) is 50.6 Å². The quantitative estimate of drug-likeness (QED) is 0.863. The molecule has 19 heavy (non-hydrogen) atoms. The topological polar surface area (TPSA) is 21.3 Å². The highest BCUT2D eigenvalue weighted by Gasteiger charge is 2.23. The van der Waals surface area contributed by atoms with Crippen molar-refractivity contribution in [1.29, 1.82) is 0 Å². The van der Waals surface area contributed by atoms with E-state index in [-0.39, 0.29) is 0 Å². The molecule has 3 atom stereocenters. The van der Waals surface area contributed by atoms with Crippen LogP contribution >= 0.6 is 15.9 Å². The number of nitrogens with one attached hydrogen (secondary N) is 1. The smallest absolute Gasteiger partial charge is 0.0586 e. The summed E-state index contributed by atoms with van der Waals surface area (Å²) in [5.41, 5.74) is 1.38. The molecule has 0 amide bonds. The summed E-state index contributed by atoms with van der Waals surface area (Å²) in [5, 5.41) is 3.81. The largest absolute Gasteiger partial charge is 0.381 e. The van der Waals surface area contributed by atoms with Crippen molar-refractivity contribution in [2.45, 2.75) is 57.2 Å². The van der Waals surface area contributed by atoms with Crippen molar-refractivity contribution in [3.05, 3.63) is 34.3 Å². The maximum absolute atomic E-state index is 5.51. The zero-order chi connectivity index (χ0) is 13.7. The van der Waals surface area contributed by atoms with Crippen molar-refractivity contribution >= 4 is 15.9 Å². The summed E-state index contributed by atoms with van der Waals surface area (Å²) in [4.78, 5) is 0. The molecule has 1 aliphatic rings. The lowest BCUT2D eigenvalue weighted by Crippen LogP contribution is -2.38. The number of hydrogen-bond acceptors (Lipinski definition) is 2. The van der Waals surface area contributed by atoms with Crippen LogP contribution in [0.15, 0.2) is 28.7 Å². The normalized spacial score (nSPS) is 25.2. The molecule has 0 heterocycles. The van der Waals surface area contributed by atoms with E-state index in [1.54, 1.807) is 0 Å². The zero-order valence-electron chi connectivity index (χ0n) is 11.9. The Bertz CT molecular complexity index is 379. The van der Waals surface area contributed by atoms with E-state index in [9.17, 15) is 0 Å². The molecule has 1 aliphatic carbocycles. The fourth-order valence-corrected chi connectivity index (χ4v) is 3.20. The predicted octanol–water partition coefficient (Wildman–Crippen LogP) is 4.45. The molecule has 0 radical (unpaired) electrons. The Morgan fingerprint density at radius 1 is 1.32 bits per heavy atom. The van der Waals surface area contributed by atoms with Crippen LogP contribution in [-0.4, -0.2) is 19.3 Å². The molecule has 1 N–H and O–H groups in total. The summed E-state index contributed by atoms with van der Waals surface area (Å²) in [5.74, 6) is 0. The number of hydrogen-bond donors (Lipinski definition) is 1. The van der Waals surface area contributed by atoms with Gasteiger partial charge in [-0.25, -0.2) is 0 Å². The molecule has 1 aromatic rings. The molecule has 2 rings (SSSR count). The number of benzene rings is 1. The van der Waals surface area contributed by atoms with E-state index >= 15 is 0 Å². The first-order chi connectivity index (χ1) is 9.22. The number of halogens is 1. The van der Waals surface area contributed by atoms with Crippen molar-refractivity contribution < 1.29 is 4.74 Å². The first-order valence-corrected chi connectivity index (χ1v) is 8.06. The van der Waals surface area contributed by atoms with Crippen LogP contribution in [0.3, 0.4) is 0 Å². The lowest BCUT2D eigenvalue weighted by molar-refractivity contribution is 0.0567. The third-order valence-corrected chi connectivity index (χ3v) is 4.61. The van der Waals surface area contributed by atoms with Crippen LogP contribution in [0.5, 0.6) is 0 Å². The molecule has 3 heteroatoms. The van der Waals surface area contributed by atoms with Crippen LogP contribution in [0, 0.1) is 0 Å². The van der Waals surface area contributed by atoms with Crippen LogP contribution in [0.4, 0.5) is 0 Å². The molecule has 1 fully saturated rings. The van der Waals surface area contributed by atoms with Gasteiger partial charge in [0.1, 0.15) is 0 Å². The second-order valence-corrected chi connectivity index (χ2v) is 6.32. The average Bonchev–Trinajstić information content (AvgIpc) is 2.46. The van der Waals surface area contributed by atoms with Gasteiger partial charge in [0.25, 0.3) is 0 Å². The first kappa shape index (κ1) is 15.0. The van der Waals surface area contributed by atoms with Gasteiger partial charge in [0, 0.05) is 23.7 Å². The number of ether oxygens (including phenoxy) is 1. The second-order valence-electron chi connectivity index (χ2n) is 5.40. The highest BCUT2D eigenvalue weighted by atomic mass is 79.9. The van der Waals surface area contributed by atoms with Crippen molar-refractivity contribution in [2.24, 2.45) is 0 Å². The Balaban J connectivity index is 1.96. The number of methoxy groups -OCH3 is 1. The van der Waals surface area contributed by atoms with Gasteiger partial charge in [-0.15, -0.1) is 0 Å². The summed E-state index contributed by atoms with van der Waals surface area (Å²) in [6.45, 7) is 2.25. The minimum atomic E-state index is 0.439. The zero-order valence-corrected chi connectivity index (χ0v) is 13.4. The molecule has 1 aromatic carbocycles.